The van der Waals surface area contributed by atoms with Crippen LogP contribution >= 0.6 is 11.6 Å². The Morgan fingerprint density at radius 1 is 0.943 bits per heavy atom. The van der Waals surface area contributed by atoms with Crippen LogP contribution in [-0.2, 0) is 6.54 Å². The maximum atomic E-state index is 13.0. The van der Waals surface area contributed by atoms with E-state index in [2.05, 4.69) is 45.1 Å². The molecule has 0 bridgehead atoms. The number of anilines is 2. The third-order valence-corrected chi connectivity index (χ3v) is 6.19. The van der Waals surface area contributed by atoms with Crippen LogP contribution in [0.15, 0.2) is 72.8 Å². The maximum absolute atomic E-state index is 13.0. The maximum Gasteiger partial charge on any atom is 0.323 e. The predicted molar refractivity (Wildman–Crippen MR) is 139 cm³/mol. The Labute approximate surface area is 210 Å². The van der Waals surface area contributed by atoms with E-state index in [1.54, 1.807) is 42.5 Å². The monoisotopic (exact) mass is 492 g/mol. The minimum absolute atomic E-state index is 0.112. The lowest BCUT2D eigenvalue weighted by Gasteiger charge is -2.32. The molecule has 3 N–H and O–H groups in total. The number of hydrogen-bond acceptors (Lipinski definition) is 4. The Bertz CT molecular complexity index is 1160. The standard InChI is InChI=1S/C27H29ClN4O3/c1-35-25-17-23(31-27(34)30-22-9-5-8-20(28)16-22)10-11-24(25)26(33)29-21-12-14-32(15-13-21)18-19-6-3-2-4-7-19/h2-11,16-17,21H,12-15,18H2,1H3,(H,29,33)(H2,30,31,34). The Kier molecular flexibility index (Phi) is 8.23. The molecule has 0 unspecified atom stereocenters. The summed E-state index contributed by atoms with van der Waals surface area (Å²) in [6.07, 6.45) is 1.79. The van der Waals surface area contributed by atoms with Gasteiger partial charge in [0.1, 0.15) is 5.75 Å². The number of carbonyl (C=O) groups is 2. The first-order valence-corrected chi connectivity index (χ1v) is 12.0. The van der Waals surface area contributed by atoms with E-state index < -0.39 is 6.03 Å². The van der Waals surface area contributed by atoms with E-state index in [4.69, 9.17) is 16.3 Å². The smallest absolute Gasteiger partial charge is 0.323 e. The molecule has 4 rings (SSSR count). The van der Waals surface area contributed by atoms with Crippen LogP contribution < -0.4 is 20.7 Å². The number of urea groups is 1. The highest BCUT2D eigenvalue weighted by molar-refractivity contribution is 6.30. The molecule has 0 radical (unpaired) electrons. The lowest BCUT2D eigenvalue weighted by Crippen LogP contribution is -2.44. The van der Waals surface area contributed by atoms with Crippen molar-refractivity contribution in [2.24, 2.45) is 0 Å². The molecule has 7 nitrogen and oxygen atoms in total. The number of amides is 3. The van der Waals surface area contributed by atoms with E-state index in [9.17, 15) is 9.59 Å². The fourth-order valence-electron chi connectivity index (χ4n) is 4.16. The lowest BCUT2D eigenvalue weighted by molar-refractivity contribution is 0.0906. The largest absolute Gasteiger partial charge is 0.496 e. The number of rotatable bonds is 7. The zero-order valence-electron chi connectivity index (χ0n) is 19.6. The number of piperidine rings is 1. The van der Waals surface area contributed by atoms with E-state index in [1.165, 1.54) is 12.7 Å². The molecule has 0 aromatic heterocycles. The number of carbonyl (C=O) groups excluding carboxylic acids is 2. The summed E-state index contributed by atoms with van der Waals surface area (Å²) < 4.78 is 5.44. The molecule has 1 heterocycles. The predicted octanol–water partition coefficient (Wildman–Crippen LogP) is 5.39. The van der Waals surface area contributed by atoms with Gasteiger partial charge in [-0.15, -0.1) is 0 Å². The highest BCUT2D eigenvalue weighted by atomic mass is 35.5. The van der Waals surface area contributed by atoms with Crippen LogP contribution in [0.4, 0.5) is 16.2 Å². The molecule has 1 fully saturated rings. The van der Waals surface area contributed by atoms with Gasteiger partial charge in [-0.25, -0.2) is 4.79 Å². The van der Waals surface area contributed by atoms with Crippen LogP contribution in [0.1, 0.15) is 28.8 Å². The van der Waals surface area contributed by atoms with Crippen LogP contribution in [0, 0.1) is 0 Å². The number of likely N-dealkylation sites (tertiary alicyclic amines) is 1. The van der Waals surface area contributed by atoms with E-state index in [1.807, 2.05) is 6.07 Å². The highest BCUT2D eigenvalue weighted by Crippen LogP contribution is 2.24. The molecular weight excluding hydrogens is 464 g/mol. The molecule has 1 saturated heterocycles. The van der Waals surface area contributed by atoms with Gasteiger partial charge in [-0.2, -0.15) is 0 Å². The van der Waals surface area contributed by atoms with Crippen LogP contribution in [0.2, 0.25) is 5.02 Å². The van der Waals surface area contributed by atoms with Crippen LogP contribution in [0.25, 0.3) is 0 Å². The normalized spacial score (nSPS) is 14.2. The van der Waals surface area contributed by atoms with Crippen molar-refractivity contribution in [3.8, 4) is 5.75 Å². The van der Waals surface area contributed by atoms with E-state index in [-0.39, 0.29) is 11.9 Å². The van der Waals surface area contributed by atoms with Gasteiger partial charge < -0.3 is 20.7 Å². The molecule has 3 aromatic rings. The number of methoxy groups -OCH3 is 1. The van der Waals surface area contributed by atoms with E-state index in [0.29, 0.717) is 27.7 Å². The summed E-state index contributed by atoms with van der Waals surface area (Å²) in [7, 11) is 1.50. The van der Waals surface area contributed by atoms with Crippen molar-refractivity contribution in [1.82, 2.24) is 10.2 Å². The summed E-state index contributed by atoms with van der Waals surface area (Å²) in [5.41, 5.74) is 2.81. The van der Waals surface area contributed by atoms with Crippen LogP contribution in [0.3, 0.4) is 0 Å². The second-order valence-electron chi connectivity index (χ2n) is 8.51. The van der Waals surface area contributed by atoms with Crippen LogP contribution in [0.5, 0.6) is 5.75 Å². The van der Waals surface area contributed by atoms with Gasteiger partial charge in [0.15, 0.2) is 0 Å². The Balaban J connectivity index is 1.30. The summed E-state index contributed by atoms with van der Waals surface area (Å²) in [6, 6.07) is 22.0. The van der Waals surface area contributed by atoms with Gasteiger partial charge in [-0.3, -0.25) is 9.69 Å². The van der Waals surface area contributed by atoms with Gasteiger partial charge in [-0.05, 0) is 48.7 Å². The number of hydrogen-bond donors (Lipinski definition) is 3. The zero-order chi connectivity index (χ0) is 24.6. The van der Waals surface area contributed by atoms with Crippen molar-refractivity contribution in [2.45, 2.75) is 25.4 Å². The Hall–Kier alpha value is -3.55. The van der Waals surface area contributed by atoms with Gasteiger partial charge in [-0.1, -0.05) is 48.0 Å². The molecule has 1 aliphatic heterocycles. The topological polar surface area (TPSA) is 82.7 Å². The van der Waals surface area contributed by atoms with Crippen molar-refractivity contribution >= 4 is 34.9 Å². The molecule has 0 aliphatic carbocycles. The quantitative estimate of drug-likeness (QED) is 0.413. The van der Waals surface area contributed by atoms with Gasteiger partial charge in [0.25, 0.3) is 5.91 Å². The molecule has 35 heavy (non-hydrogen) atoms. The molecule has 8 heteroatoms. The highest BCUT2D eigenvalue weighted by Gasteiger charge is 2.23. The zero-order valence-corrected chi connectivity index (χ0v) is 20.3. The van der Waals surface area contributed by atoms with Crippen molar-refractivity contribution in [1.29, 1.82) is 0 Å². The summed E-state index contributed by atoms with van der Waals surface area (Å²) in [5.74, 6) is 0.211. The fraction of sp³-hybridized carbons (Fsp3) is 0.259. The average molecular weight is 493 g/mol. The molecule has 3 aromatic carbocycles. The van der Waals surface area contributed by atoms with Crippen molar-refractivity contribution in [3.05, 3.63) is 88.9 Å². The number of benzene rings is 3. The molecule has 0 saturated carbocycles. The first-order valence-electron chi connectivity index (χ1n) is 11.6. The molecule has 1 aliphatic rings. The molecule has 0 spiro atoms. The molecule has 182 valence electrons. The number of ether oxygens (including phenoxy) is 1. The second kappa shape index (κ2) is 11.7. The third kappa shape index (κ3) is 6.97. The first kappa shape index (κ1) is 24.6. The van der Waals surface area contributed by atoms with Crippen molar-refractivity contribution < 1.29 is 14.3 Å². The number of nitrogens with zero attached hydrogens (tertiary/aromatic N) is 1. The fourth-order valence-corrected chi connectivity index (χ4v) is 4.35. The number of nitrogens with one attached hydrogen (secondary N) is 3. The van der Waals surface area contributed by atoms with Gasteiger partial charge in [0, 0.05) is 48.1 Å². The van der Waals surface area contributed by atoms with E-state index in [0.717, 1.165) is 32.5 Å². The molecule has 3 amide bonds. The minimum Gasteiger partial charge on any atom is -0.496 e. The average Bonchev–Trinajstić information content (AvgIpc) is 2.85. The lowest BCUT2D eigenvalue weighted by atomic mass is 10.0. The van der Waals surface area contributed by atoms with Crippen molar-refractivity contribution in [3.63, 3.8) is 0 Å². The molecular formula is C27H29ClN4O3. The Morgan fingerprint density at radius 2 is 1.66 bits per heavy atom. The van der Waals surface area contributed by atoms with Crippen molar-refractivity contribution in [2.75, 3.05) is 30.8 Å². The van der Waals surface area contributed by atoms with Gasteiger partial charge in [0.2, 0.25) is 0 Å². The Morgan fingerprint density at radius 3 is 2.34 bits per heavy atom. The summed E-state index contributed by atoms with van der Waals surface area (Å²) in [6.45, 7) is 2.79. The third-order valence-electron chi connectivity index (χ3n) is 5.96. The van der Waals surface area contributed by atoms with Crippen LogP contribution in [-0.4, -0.2) is 43.1 Å². The van der Waals surface area contributed by atoms with E-state index >= 15 is 0 Å². The number of halogens is 1. The SMILES string of the molecule is COc1cc(NC(=O)Nc2cccc(Cl)c2)ccc1C(=O)NC1CCN(Cc2ccccc2)CC1. The summed E-state index contributed by atoms with van der Waals surface area (Å²) in [5, 5.41) is 9.13. The summed E-state index contributed by atoms with van der Waals surface area (Å²) in [4.78, 5) is 27.7. The second-order valence-corrected chi connectivity index (χ2v) is 8.95. The minimum atomic E-state index is -0.422. The molecule has 0 atom stereocenters. The van der Waals surface area contributed by atoms with Gasteiger partial charge in [0.05, 0.1) is 12.7 Å². The van der Waals surface area contributed by atoms with Gasteiger partial charge >= 0.3 is 6.03 Å². The summed E-state index contributed by atoms with van der Waals surface area (Å²) >= 11 is 5.96. The first-order chi connectivity index (χ1) is 17.0.